The van der Waals surface area contributed by atoms with Crippen LogP contribution in [0.2, 0.25) is 0 Å². The first-order valence-electron chi connectivity index (χ1n) is 4.99. The van der Waals surface area contributed by atoms with Crippen LogP contribution in [0.4, 0.5) is 0 Å². The van der Waals surface area contributed by atoms with Gasteiger partial charge in [0, 0.05) is 6.92 Å². The molecule has 0 radical (unpaired) electrons. The molecule has 0 bridgehead atoms. The molecule has 2 aromatic heterocycles. The number of rotatable bonds is 5. The van der Waals surface area contributed by atoms with Crippen LogP contribution in [0.3, 0.4) is 0 Å². The molecule has 0 aliphatic carbocycles. The van der Waals surface area contributed by atoms with Crippen LogP contribution in [0.25, 0.3) is 0 Å². The number of nitrogens with one attached hydrogen (secondary N) is 1. The van der Waals surface area contributed by atoms with Crippen molar-refractivity contribution in [2.75, 3.05) is 0 Å². The summed E-state index contributed by atoms with van der Waals surface area (Å²) in [6.45, 7) is 1.14. The average molecular weight is 273 g/mol. The topological polar surface area (TPSA) is 118 Å². The highest BCUT2D eigenvalue weighted by molar-refractivity contribution is 7.89. The zero-order chi connectivity index (χ0) is 13.2. The molecule has 9 heteroatoms. The van der Waals surface area contributed by atoms with E-state index < -0.39 is 10.0 Å². The van der Waals surface area contributed by atoms with E-state index in [-0.39, 0.29) is 29.8 Å². The Morgan fingerprint density at radius 2 is 2.22 bits per heavy atom. The summed E-state index contributed by atoms with van der Waals surface area (Å²) in [4.78, 5) is 3.85. The van der Waals surface area contributed by atoms with E-state index in [4.69, 9.17) is 14.0 Å². The molecule has 0 fully saturated rings. The van der Waals surface area contributed by atoms with Gasteiger partial charge in [0.25, 0.3) is 10.0 Å². The number of hydrogen-bond donors (Lipinski definition) is 2. The molecule has 0 aliphatic rings. The lowest BCUT2D eigenvalue weighted by Crippen LogP contribution is -2.23. The highest BCUT2D eigenvalue weighted by Gasteiger charge is 2.19. The first-order chi connectivity index (χ1) is 8.51. The minimum absolute atomic E-state index is 0.102. The summed E-state index contributed by atoms with van der Waals surface area (Å²) < 4.78 is 35.4. The number of aromatic nitrogens is 2. The van der Waals surface area contributed by atoms with Crippen LogP contribution in [0.5, 0.6) is 0 Å². The molecular weight excluding hydrogens is 262 g/mol. The van der Waals surface area contributed by atoms with Crippen molar-refractivity contribution in [2.45, 2.75) is 25.2 Å². The molecule has 0 saturated carbocycles. The lowest BCUT2D eigenvalue weighted by molar-refractivity contribution is 0.236. The van der Waals surface area contributed by atoms with Crippen LogP contribution in [0.15, 0.2) is 26.2 Å². The SMILES string of the molecule is Cc1nc(CNS(=O)(=O)c2ccc(CO)o2)no1. The lowest BCUT2D eigenvalue weighted by Gasteiger charge is -2.00. The molecule has 2 rings (SSSR count). The summed E-state index contributed by atoms with van der Waals surface area (Å²) >= 11 is 0. The zero-order valence-corrected chi connectivity index (χ0v) is 10.3. The number of nitrogens with zero attached hydrogens (tertiary/aromatic N) is 2. The summed E-state index contributed by atoms with van der Waals surface area (Å²) in [6, 6.07) is 2.64. The van der Waals surface area contributed by atoms with E-state index in [2.05, 4.69) is 14.9 Å². The third kappa shape index (κ3) is 2.75. The van der Waals surface area contributed by atoms with Gasteiger partial charge in [0.05, 0.1) is 6.54 Å². The van der Waals surface area contributed by atoms with Crippen LogP contribution in [0, 0.1) is 6.92 Å². The predicted octanol–water partition coefficient (Wildman–Crippen LogP) is -0.0582. The van der Waals surface area contributed by atoms with Crippen molar-refractivity contribution in [3.63, 3.8) is 0 Å². The van der Waals surface area contributed by atoms with Gasteiger partial charge in [0.1, 0.15) is 12.4 Å². The van der Waals surface area contributed by atoms with Crippen molar-refractivity contribution < 1.29 is 22.5 Å². The summed E-state index contributed by atoms with van der Waals surface area (Å²) in [5.41, 5.74) is 0. The number of aliphatic hydroxyl groups is 1. The smallest absolute Gasteiger partial charge is 0.274 e. The standard InChI is InChI=1S/C9H11N3O5S/c1-6-11-8(12-17-6)4-10-18(14,15)9-3-2-7(5-13)16-9/h2-3,10,13H,4-5H2,1H3. The molecule has 0 saturated heterocycles. The van der Waals surface area contributed by atoms with Crippen molar-refractivity contribution in [1.82, 2.24) is 14.9 Å². The van der Waals surface area contributed by atoms with Crippen molar-refractivity contribution in [1.29, 1.82) is 0 Å². The minimum Gasteiger partial charge on any atom is -0.446 e. The van der Waals surface area contributed by atoms with Crippen molar-refractivity contribution >= 4 is 10.0 Å². The third-order valence-corrected chi connectivity index (χ3v) is 3.32. The van der Waals surface area contributed by atoms with Gasteiger partial charge in [-0.15, -0.1) is 0 Å². The predicted molar refractivity (Wildman–Crippen MR) is 57.7 cm³/mol. The maximum atomic E-state index is 11.8. The van der Waals surface area contributed by atoms with Crippen LogP contribution >= 0.6 is 0 Å². The molecule has 0 unspecified atom stereocenters. The first-order valence-corrected chi connectivity index (χ1v) is 6.48. The van der Waals surface area contributed by atoms with Crippen LogP contribution < -0.4 is 4.72 Å². The Bertz CT molecular complexity index is 630. The Kier molecular flexibility index (Phi) is 3.45. The van der Waals surface area contributed by atoms with Gasteiger partial charge in [0.2, 0.25) is 11.0 Å². The van der Waals surface area contributed by atoms with E-state index in [0.29, 0.717) is 5.89 Å². The third-order valence-electron chi connectivity index (χ3n) is 2.05. The lowest BCUT2D eigenvalue weighted by atomic mass is 10.5. The molecule has 18 heavy (non-hydrogen) atoms. The van der Waals surface area contributed by atoms with E-state index >= 15 is 0 Å². The van der Waals surface area contributed by atoms with Crippen LogP contribution in [0.1, 0.15) is 17.5 Å². The molecular formula is C9H11N3O5S. The highest BCUT2D eigenvalue weighted by Crippen LogP contribution is 2.13. The Morgan fingerprint density at radius 1 is 1.44 bits per heavy atom. The summed E-state index contributed by atoms with van der Waals surface area (Å²) in [5.74, 6) is 0.751. The van der Waals surface area contributed by atoms with Gasteiger partial charge in [-0.1, -0.05) is 5.16 Å². The van der Waals surface area contributed by atoms with E-state index in [1.54, 1.807) is 6.92 Å². The maximum absolute atomic E-state index is 11.8. The van der Waals surface area contributed by atoms with Crippen molar-refractivity contribution in [2.24, 2.45) is 0 Å². The Labute approximate surface area is 103 Å². The number of furan rings is 1. The largest absolute Gasteiger partial charge is 0.446 e. The second-order valence-electron chi connectivity index (χ2n) is 3.43. The molecule has 8 nitrogen and oxygen atoms in total. The molecule has 2 aromatic rings. The van der Waals surface area contributed by atoms with Crippen molar-refractivity contribution in [3.8, 4) is 0 Å². The van der Waals surface area contributed by atoms with Gasteiger partial charge < -0.3 is 14.0 Å². The molecule has 2 N–H and O–H groups in total. The summed E-state index contributed by atoms with van der Waals surface area (Å²) in [6.07, 6.45) is 0. The first kappa shape index (κ1) is 12.7. The maximum Gasteiger partial charge on any atom is 0.274 e. The zero-order valence-electron chi connectivity index (χ0n) is 9.45. The monoisotopic (exact) mass is 273 g/mol. The molecule has 0 aliphatic heterocycles. The summed E-state index contributed by atoms with van der Waals surface area (Å²) in [7, 11) is -3.79. The Hall–Kier alpha value is -1.71. The van der Waals surface area contributed by atoms with Gasteiger partial charge in [0.15, 0.2) is 5.82 Å². The fourth-order valence-electron chi connectivity index (χ4n) is 1.23. The summed E-state index contributed by atoms with van der Waals surface area (Å²) in [5, 5.41) is 12.1. The quantitative estimate of drug-likeness (QED) is 0.783. The number of hydrogen-bond acceptors (Lipinski definition) is 7. The van der Waals surface area contributed by atoms with Crippen molar-refractivity contribution in [3.05, 3.63) is 29.6 Å². The molecule has 0 amide bonds. The number of aryl methyl sites for hydroxylation is 1. The Balaban J connectivity index is 2.07. The Morgan fingerprint density at radius 3 is 2.78 bits per heavy atom. The number of aliphatic hydroxyl groups excluding tert-OH is 1. The average Bonchev–Trinajstić information content (AvgIpc) is 2.95. The molecule has 2 heterocycles. The van der Waals surface area contributed by atoms with E-state index in [1.807, 2.05) is 0 Å². The fraction of sp³-hybridized carbons (Fsp3) is 0.333. The van der Waals surface area contributed by atoms with Gasteiger partial charge >= 0.3 is 0 Å². The molecule has 0 spiro atoms. The van der Waals surface area contributed by atoms with Gasteiger partial charge in [-0.05, 0) is 12.1 Å². The van der Waals surface area contributed by atoms with Gasteiger partial charge in [-0.3, -0.25) is 0 Å². The molecule has 98 valence electrons. The van der Waals surface area contributed by atoms with E-state index in [0.717, 1.165) is 0 Å². The second-order valence-corrected chi connectivity index (χ2v) is 5.13. The molecule has 0 aromatic carbocycles. The fourth-order valence-corrected chi connectivity index (χ4v) is 2.16. The second kappa shape index (κ2) is 4.88. The van der Waals surface area contributed by atoms with Crippen LogP contribution in [-0.4, -0.2) is 23.7 Å². The highest BCUT2D eigenvalue weighted by atomic mass is 32.2. The minimum atomic E-state index is -3.79. The van der Waals surface area contributed by atoms with Gasteiger partial charge in [-0.2, -0.15) is 4.98 Å². The normalized spacial score (nSPS) is 11.9. The van der Waals surface area contributed by atoms with Crippen LogP contribution in [-0.2, 0) is 23.2 Å². The van der Waals surface area contributed by atoms with E-state index in [9.17, 15) is 8.42 Å². The van der Waals surface area contributed by atoms with Gasteiger partial charge in [-0.25, -0.2) is 13.1 Å². The molecule has 0 atom stereocenters. The van der Waals surface area contributed by atoms with E-state index in [1.165, 1.54) is 12.1 Å². The number of sulfonamides is 1.